The number of H-pyrrole nitrogens is 1. The molecule has 2 heterocycles. The van der Waals surface area contributed by atoms with Gasteiger partial charge >= 0.3 is 6.09 Å². The van der Waals surface area contributed by atoms with Crippen LogP contribution in [-0.4, -0.2) is 89.5 Å². The molecule has 0 saturated carbocycles. The first-order valence-electron chi connectivity index (χ1n) is 17.6. The van der Waals surface area contributed by atoms with Gasteiger partial charge in [-0.1, -0.05) is 63.2 Å². The molecule has 0 bridgehead atoms. The van der Waals surface area contributed by atoms with Gasteiger partial charge in [-0.3, -0.25) is 14.4 Å². The number of hydrogen-bond donors (Lipinski definition) is 4. The molecule has 270 valence electrons. The van der Waals surface area contributed by atoms with E-state index in [1.54, 1.807) is 30.0 Å². The van der Waals surface area contributed by atoms with Crippen molar-refractivity contribution in [3.8, 4) is 22.4 Å². The van der Waals surface area contributed by atoms with E-state index in [2.05, 4.69) is 50.2 Å². The van der Waals surface area contributed by atoms with Gasteiger partial charge in [0.2, 0.25) is 17.7 Å². The Morgan fingerprint density at radius 1 is 0.980 bits per heavy atom. The smallest absolute Gasteiger partial charge is 0.407 e. The zero-order valence-corrected chi connectivity index (χ0v) is 30.3. The highest BCUT2D eigenvalue weighted by atomic mass is 16.5. The Labute approximate surface area is 299 Å². The van der Waals surface area contributed by atoms with E-state index in [0.717, 1.165) is 58.2 Å². The number of carbonyl (C=O) groups excluding carboxylic acids is 4. The number of fused-ring (bicyclic) bond motifs is 1. The number of aromatic nitrogens is 2. The van der Waals surface area contributed by atoms with Crippen LogP contribution in [0.1, 0.15) is 58.8 Å². The van der Waals surface area contributed by atoms with Crippen molar-refractivity contribution in [2.75, 3.05) is 39.1 Å². The summed E-state index contributed by atoms with van der Waals surface area (Å²) in [5.41, 5.74) is 4.62. The van der Waals surface area contributed by atoms with Crippen LogP contribution in [0.25, 0.3) is 33.2 Å². The lowest BCUT2D eigenvalue weighted by atomic mass is 9.99. The molecular formula is C39H49N7O5. The lowest BCUT2D eigenvalue weighted by Gasteiger charge is -2.30. The molecule has 51 heavy (non-hydrogen) atoms. The maximum absolute atomic E-state index is 13.5. The molecule has 12 nitrogen and oxygen atoms in total. The van der Waals surface area contributed by atoms with Crippen LogP contribution in [-0.2, 0) is 19.1 Å². The van der Waals surface area contributed by atoms with Gasteiger partial charge in [0.15, 0.2) is 0 Å². The Balaban J connectivity index is 1.26. The molecule has 3 atom stereocenters. The van der Waals surface area contributed by atoms with E-state index < -0.39 is 18.2 Å². The van der Waals surface area contributed by atoms with E-state index in [4.69, 9.17) is 4.74 Å². The van der Waals surface area contributed by atoms with Gasteiger partial charge in [-0.25, -0.2) is 9.78 Å². The van der Waals surface area contributed by atoms with Gasteiger partial charge in [0.05, 0.1) is 31.6 Å². The summed E-state index contributed by atoms with van der Waals surface area (Å²) < 4.78 is 4.75. The molecule has 3 unspecified atom stereocenters. The highest BCUT2D eigenvalue weighted by molar-refractivity contribution is 5.99. The molecule has 0 spiro atoms. The highest BCUT2D eigenvalue weighted by Gasteiger charge is 2.37. The van der Waals surface area contributed by atoms with Crippen molar-refractivity contribution < 1.29 is 23.9 Å². The Kier molecular flexibility index (Phi) is 12.1. The van der Waals surface area contributed by atoms with E-state index in [1.165, 1.54) is 7.11 Å². The monoisotopic (exact) mass is 695 g/mol. The van der Waals surface area contributed by atoms with Crippen LogP contribution >= 0.6 is 0 Å². The average molecular weight is 696 g/mol. The van der Waals surface area contributed by atoms with Gasteiger partial charge in [-0.2, -0.15) is 0 Å². The summed E-state index contributed by atoms with van der Waals surface area (Å²) in [7, 11) is 3.00. The second-order valence-electron chi connectivity index (χ2n) is 13.4. The topological polar surface area (TPSA) is 149 Å². The van der Waals surface area contributed by atoms with Crippen LogP contribution in [0.4, 0.5) is 10.5 Å². The number of anilines is 1. The number of nitrogens with zero attached hydrogens (tertiary/aromatic N) is 3. The molecule has 1 aliphatic heterocycles. The number of ether oxygens (including phenoxy) is 1. The number of carbonyl (C=O) groups is 4. The minimum atomic E-state index is -0.685. The van der Waals surface area contributed by atoms with Gasteiger partial charge < -0.3 is 35.5 Å². The highest BCUT2D eigenvalue weighted by Crippen LogP contribution is 2.33. The third-order valence-electron chi connectivity index (χ3n) is 9.44. The van der Waals surface area contributed by atoms with E-state index in [1.807, 2.05) is 57.2 Å². The Bertz CT molecular complexity index is 1850. The first-order chi connectivity index (χ1) is 24.5. The van der Waals surface area contributed by atoms with Gasteiger partial charge in [-0.15, -0.1) is 0 Å². The number of likely N-dealkylation sites (N-methyl/N-ethyl adjacent to an activating group) is 1. The third kappa shape index (κ3) is 8.57. The number of alkyl carbamates (subject to hydrolysis) is 1. The van der Waals surface area contributed by atoms with Crippen molar-refractivity contribution in [2.24, 2.45) is 5.92 Å². The molecule has 3 aromatic carbocycles. The Hall–Kier alpha value is -5.23. The van der Waals surface area contributed by atoms with Crippen molar-refractivity contribution in [1.82, 2.24) is 30.4 Å². The Morgan fingerprint density at radius 3 is 2.35 bits per heavy atom. The van der Waals surface area contributed by atoms with Crippen LogP contribution in [0.15, 0.2) is 66.9 Å². The summed E-state index contributed by atoms with van der Waals surface area (Å²) in [5, 5.41) is 10.6. The fourth-order valence-electron chi connectivity index (χ4n) is 6.61. The number of rotatable bonds is 13. The molecule has 4 N–H and O–H groups in total. The minimum absolute atomic E-state index is 0.102. The normalized spacial score (nSPS) is 15.4. The largest absolute Gasteiger partial charge is 0.453 e. The fraction of sp³-hybridized carbons (Fsp3) is 0.410. The van der Waals surface area contributed by atoms with Crippen molar-refractivity contribution in [3.05, 3.63) is 72.7 Å². The van der Waals surface area contributed by atoms with Gasteiger partial charge in [-0.05, 0) is 84.8 Å². The van der Waals surface area contributed by atoms with Crippen molar-refractivity contribution in [3.63, 3.8) is 0 Å². The predicted octanol–water partition coefficient (Wildman–Crippen LogP) is 5.73. The number of imidazole rings is 1. The number of methoxy groups -OCH3 is 1. The number of nitrogens with one attached hydrogen (secondary N) is 4. The first-order valence-corrected chi connectivity index (χ1v) is 17.6. The molecule has 4 amide bonds. The van der Waals surface area contributed by atoms with E-state index in [0.29, 0.717) is 18.8 Å². The lowest BCUT2D eigenvalue weighted by molar-refractivity contribution is -0.137. The number of likely N-dealkylation sites (tertiary alicyclic amines) is 1. The number of aromatic amines is 1. The molecule has 1 aromatic heterocycles. The predicted molar refractivity (Wildman–Crippen MR) is 199 cm³/mol. The summed E-state index contributed by atoms with van der Waals surface area (Å²) in [6.07, 6.45) is 3.57. The molecule has 0 aliphatic carbocycles. The first kappa shape index (κ1) is 37.0. The standard InChI is InChI=1S/C39H49N7O5/c1-7-18-45(34(47)23-40-5)25(4)37(48)42-31-17-16-29-20-28(14-15-30(29)21-31)26-10-12-27(13-11-26)32-22-41-36(43-32)33-9-8-19-46(33)38(49)35(24(2)3)44-39(50)51-6/h10-17,20-22,24-25,33,35,40H,7-9,18-19,23H2,1-6H3,(H,41,43)(H,42,48)(H,44,50). The van der Waals surface area contributed by atoms with Crippen LogP contribution in [0.2, 0.25) is 0 Å². The number of hydrogen-bond acceptors (Lipinski definition) is 7. The summed E-state index contributed by atoms with van der Waals surface area (Å²) in [6, 6.07) is 18.8. The molecule has 1 aliphatic rings. The molecular weight excluding hydrogens is 646 g/mol. The van der Waals surface area contributed by atoms with Crippen LogP contribution in [0.3, 0.4) is 0 Å². The summed E-state index contributed by atoms with van der Waals surface area (Å²) in [6.45, 7) is 8.83. The van der Waals surface area contributed by atoms with E-state index >= 15 is 0 Å². The van der Waals surface area contributed by atoms with Gasteiger partial charge in [0.1, 0.15) is 17.9 Å². The molecule has 5 rings (SSSR count). The average Bonchev–Trinajstić information content (AvgIpc) is 3.83. The van der Waals surface area contributed by atoms with Gasteiger partial charge in [0, 0.05) is 18.8 Å². The van der Waals surface area contributed by atoms with Crippen LogP contribution < -0.4 is 16.0 Å². The Morgan fingerprint density at radius 2 is 1.67 bits per heavy atom. The fourth-order valence-corrected chi connectivity index (χ4v) is 6.61. The number of benzene rings is 3. The zero-order chi connectivity index (χ0) is 36.7. The number of amides is 4. The third-order valence-corrected chi connectivity index (χ3v) is 9.44. The maximum atomic E-state index is 13.5. The van der Waals surface area contributed by atoms with Crippen LogP contribution in [0, 0.1) is 5.92 Å². The second-order valence-corrected chi connectivity index (χ2v) is 13.4. The zero-order valence-electron chi connectivity index (χ0n) is 30.3. The summed E-state index contributed by atoms with van der Waals surface area (Å²) >= 11 is 0. The van der Waals surface area contributed by atoms with E-state index in [-0.39, 0.29) is 36.2 Å². The quantitative estimate of drug-likeness (QED) is 0.140. The summed E-state index contributed by atoms with van der Waals surface area (Å²) in [5.74, 6) is 0.148. The molecule has 4 aromatic rings. The second kappa shape index (κ2) is 16.7. The van der Waals surface area contributed by atoms with Crippen molar-refractivity contribution in [2.45, 2.75) is 65.1 Å². The van der Waals surface area contributed by atoms with E-state index in [9.17, 15) is 19.2 Å². The molecule has 12 heteroatoms. The van der Waals surface area contributed by atoms with Gasteiger partial charge in [0.25, 0.3) is 0 Å². The minimum Gasteiger partial charge on any atom is -0.453 e. The maximum Gasteiger partial charge on any atom is 0.407 e. The molecule has 1 saturated heterocycles. The lowest BCUT2D eigenvalue weighted by Crippen LogP contribution is -2.51. The molecule has 1 fully saturated rings. The van der Waals surface area contributed by atoms with Crippen molar-refractivity contribution >= 4 is 40.3 Å². The SMILES string of the molecule is CCCN(C(=O)CNC)C(C)C(=O)Nc1ccc2cc(-c3ccc(-c4cnc(C5CCCN5C(=O)C(NC(=O)OC)C(C)C)[nH]4)cc3)ccc2c1. The van der Waals surface area contributed by atoms with Crippen LogP contribution in [0.5, 0.6) is 0 Å². The van der Waals surface area contributed by atoms with Crippen molar-refractivity contribution in [1.29, 1.82) is 0 Å². The summed E-state index contributed by atoms with van der Waals surface area (Å²) in [4.78, 5) is 62.6. The molecule has 0 radical (unpaired) electrons.